The number of amides is 1. The lowest BCUT2D eigenvalue weighted by molar-refractivity contribution is 0.0600. The molecule has 1 amide bonds. The number of sulfonamides is 1. The molecule has 8 heteroatoms. The maximum absolute atomic E-state index is 13.1. The summed E-state index contributed by atoms with van der Waals surface area (Å²) in [6.07, 6.45) is 0. The fraction of sp³-hybridized carbons (Fsp3) is 0.200. The highest BCUT2D eigenvalue weighted by Gasteiger charge is 2.21. The number of benzene rings is 3. The van der Waals surface area contributed by atoms with Gasteiger partial charge in [-0.3, -0.25) is 9.52 Å². The first-order valence-corrected chi connectivity index (χ1v) is 11.7. The van der Waals surface area contributed by atoms with Crippen molar-refractivity contribution in [2.45, 2.75) is 32.6 Å². The summed E-state index contributed by atoms with van der Waals surface area (Å²) in [6.45, 7) is 7.21. The van der Waals surface area contributed by atoms with E-state index in [1.54, 1.807) is 44.2 Å². The molecule has 0 aliphatic carbocycles. The number of ether oxygens (including phenoxy) is 1. The third-order valence-electron chi connectivity index (χ3n) is 5.27. The van der Waals surface area contributed by atoms with Crippen molar-refractivity contribution in [2.75, 3.05) is 17.1 Å². The quantitative estimate of drug-likeness (QED) is 0.510. The van der Waals surface area contributed by atoms with Crippen LogP contribution in [0.5, 0.6) is 0 Å². The molecule has 172 valence electrons. The van der Waals surface area contributed by atoms with Crippen LogP contribution in [0.2, 0.25) is 0 Å². The van der Waals surface area contributed by atoms with Crippen molar-refractivity contribution in [3.05, 3.63) is 88.0 Å². The Morgan fingerprint density at radius 3 is 2.09 bits per heavy atom. The van der Waals surface area contributed by atoms with Crippen LogP contribution in [0.1, 0.15) is 43.0 Å². The van der Waals surface area contributed by atoms with Crippen LogP contribution < -0.4 is 10.0 Å². The Morgan fingerprint density at radius 1 is 0.758 bits per heavy atom. The highest BCUT2D eigenvalue weighted by molar-refractivity contribution is 7.92. The fourth-order valence-corrected chi connectivity index (χ4v) is 4.76. The van der Waals surface area contributed by atoms with E-state index >= 15 is 0 Å². The van der Waals surface area contributed by atoms with Crippen LogP contribution in [-0.4, -0.2) is 27.4 Å². The number of carbonyl (C=O) groups is 2. The van der Waals surface area contributed by atoms with E-state index in [1.165, 1.54) is 19.2 Å². The maximum atomic E-state index is 13.1. The predicted octanol–water partition coefficient (Wildman–Crippen LogP) is 4.76. The fourth-order valence-electron chi connectivity index (χ4n) is 3.35. The monoisotopic (exact) mass is 466 g/mol. The van der Waals surface area contributed by atoms with Gasteiger partial charge in [-0.2, -0.15) is 0 Å². The maximum Gasteiger partial charge on any atom is 0.337 e. The van der Waals surface area contributed by atoms with Crippen molar-refractivity contribution in [1.82, 2.24) is 0 Å². The van der Waals surface area contributed by atoms with E-state index in [-0.39, 0.29) is 10.5 Å². The third kappa shape index (κ3) is 5.40. The first-order chi connectivity index (χ1) is 15.5. The number of nitrogens with one attached hydrogen (secondary N) is 2. The van der Waals surface area contributed by atoms with Gasteiger partial charge in [0, 0.05) is 11.3 Å². The summed E-state index contributed by atoms with van der Waals surface area (Å²) in [4.78, 5) is 24.7. The summed E-state index contributed by atoms with van der Waals surface area (Å²) in [7, 11) is -2.65. The highest BCUT2D eigenvalue weighted by atomic mass is 32.2. The van der Waals surface area contributed by atoms with Crippen LogP contribution in [0.4, 0.5) is 11.4 Å². The molecule has 0 heterocycles. The summed E-state index contributed by atoms with van der Waals surface area (Å²) in [5.74, 6) is -1.02. The Kier molecular flexibility index (Phi) is 6.88. The van der Waals surface area contributed by atoms with Gasteiger partial charge < -0.3 is 10.1 Å². The molecule has 33 heavy (non-hydrogen) atoms. The smallest absolute Gasteiger partial charge is 0.337 e. The molecule has 0 fully saturated rings. The minimum atomic E-state index is -3.93. The minimum Gasteiger partial charge on any atom is -0.465 e. The zero-order chi connectivity index (χ0) is 24.3. The van der Waals surface area contributed by atoms with E-state index in [2.05, 4.69) is 10.0 Å². The molecule has 7 nitrogen and oxygen atoms in total. The lowest BCUT2D eigenvalue weighted by atomic mass is 10.1. The Morgan fingerprint density at radius 2 is 1.42 bits per heavy atom. The Hall–Kier alpha value is -3.65. The van der Waals surface area contributed by atoms with Gasteiger partial charge in [-0.15, -0.1) is 0 Å². The summed E-state index contributed by atoms with van der Waals surface area (Å²) < 4.78 is 33.5. The molecule has 0 unspecified atom stereocenters. The van der Waals surface area contributed by atoms with Gasteiger partial charge in [-0.05, 0) is 74.7 Å². The lowest BCUT2D eigenvalue weighted by Gasteiger charge is -2.14. The Bertz CT molecular complexity index is 1350. The van der Waals surface area contributed by atoms with Gasteiger partial charge in [0.1, 0.15) is 0 Å². The van der Waals surface area contributed by atoms with Crippen LogP contribution in [-0.2, 0) is 14.8 Å². The van der Waals surface area contributed by atoms with E-state index in [1.807, 2.05) is 26.0 Å². The van der Waals surface area contributed by atoms with Crippen LogP contribution in [0.25, 0.3) is 0 Å². The molecule has 0 aliphatic rings. The number of rotatable bonds is 6. The predicted molar refractivity (Wildman–Crippen MR) is 128 cm³/mol. The molecule has 0 atom stereocenters. The molecule has 0 aliphatic heterocycles. The molecule has 0 bridgehead atoms. The van der Waals surface area contributed by atoms with Crippen molar-refractivity contribution in [2.24, 2.45) is 0 Å². The van der Waals surface area contributed by atoms with Gasteiger partial charge in [0.2, 0.25) is 0 Å². The van der Waals surface area contributed by atoms with Crippen LogP contribution >= 0.6 is 0 Å². The standard InChI is InChI=1S/C25H26N2O5S/c1-15-6-11-21(18(4)12-15)27-33(30,31)23-14-19(9-8-17(23)3)24(28)26-22-13-20(25(29)32-5)10-7-16(22)2/h6-14,27H,1-5H3,(H,26,28). The van der Waals surface area contributed by atoms with Gasteiger partial charge in [0.25, 0.3) is 15.9 Å². The van der Waals surface area contributed by atoms with Crippen LogP contribution in [0, 0.1) is 27.7 Å². The first-order valence-electron chi connectivity index (χ1n) is 10.2. The highest BCUT2D eigenvalue weighted by Crippen LogP contribution is 2.25. The average molecular weight is 467 g/mol. The SMILES string of the molecule is COC(=O)c1ccc(C)c(NC(=O)c2ccc(C)c(S(=O)(=O)Nc3ccc(C)cc3C)c2)c1. The summed E-state index contributed by atoms with van der Waals surface area (Å²) in [6, 6.07) is 14.7. The minimum absolute atomic E-state index is 0.00941. The molecular weight excluding hydrogens is 440 g/mol. The van der Waals surface area contributed by atoms with Crippen molar-refractivity contribution >= 4 is 33.3 Å². The van der Waals surface area contributed by atoms with Crippen molar-refractivity contribution < 1.29 is 22.7 Å². The number of anilines is 2. The molecule has 2 N–H and O–H groups in total. The normalized spacial score (nSPS) is 11.1. The molecule has 0 spiro atoms. The van der Waals surface area contributed by atoms with Crippen LogP contribution in [0.15, 0.2) is 59.5 Å². The van der Waals surface area contributed by atoms with E-state index in [0.29, 0.717) is 22.5 Å². The third-order valence-corrected chi connectivity index (χ3v) is 6.78. The lowest BCUT2D eigenvalue weighted by Crippen LogP contribution is -2.18. The summed E-state index contributed by atoms with van der Waals surface area (Å²) in [5, 5.41) is 2.75. The molecule has 0 saturated heterocycles. The number of esters is 1. The van der Waals surface area contributed by atoms with Gasteiger partial charge in [-0.25, -0.2) is 13.2 Å². The van der Waals surface area contributed by atoms with Crippen LogP contribution in [0.3, 0.4) is 0 Å². The van der Waals surface area contributed by atoms with E-state index in [4.69, 9.17) is 4.74 Å². The Balaban J connectivity index is 1.91. The second kappa shape index (κ2) is 9.46. The number of hydrogen-bond donors (Lipinski definition) is 2. The molecule has 3 aromatic rings. The topological polar surface area (TPSA) is 102 Å². The van der Waals surface area contributed by atoms with Crippen molar-refractivity contribution in [3.63, 3.8) is 0 Å². The zero-order valence-electron chi connectivity index (χ0n) is 19.1. The molecular formula is C25H26N2O5S. The molecule has 0 saturated carbocycles. The summed E-state index contributed by atoms with van der Waals surface area (Å²) in [5.41, 5.74) is 4.45. The Labute approximate surface area is 193 Å². The van der Waals surface area contributed by atoms with E-state index in [0.717, 1.165) is 16.7 Å². The largest absolute Gasteiger partial charge is 0.465 e. The number of aryl methyl sites for hydroxylation is 4. The molecule has 3 rings (SSSR count). The van der Waals surface area contributed by atoms with E-state index < -0.39 is 21.9 Å². The first kappa shape index (κ1) is 24.0. The second-order valence-corrected chi connectivity index (χ2v) is 9.53. The number of methoxy groups -OCH3 is 1. The average Bonchev–Trinajstić information content (AvgIpc) is 2.76. The second-order valence-electron chi connectivity index (χ2n) is 7.88. The molecule has 0 aromatic heterocycles. The van der Waals surface area contributed by atoms with Crippen molar-refractivity contribution in [3.8, 4) is 0 Å². The number of carbonyl (C=O) groups excluding carboxylic acids is 2. The van der Waals surface area contributed by atoms with Gasteiger partial charge >= 0.3 is 5.97 Å². The zero-order valence-corrected chi connectivity index (χ0v) is 20.0. The van der Waals surface area contributed by atoms with E-state index in [9.17, 15) is 18.0 Å². The van der Waals surface area contributed by atoms with Gasteiger partial charge in [0.05, 0.1) is 23.3 Å². The molecule has 0 radical (unpaired) electrons. The summed E-state index contributed by atoms with van der Waals surface area (Å²) >= 11 is 0. The molecule has 3 aromatic carbocycles. The van der Waals surface area contributed by atoms with Gasteiger partial charge in [0.15, 0.2) is 0 Å². The van der Waals surface area contributed by atoms with Crippen molar-refractivity contribution in [1.29, 1.82) is 0 Å². The number of hydrogen-bond acceptors (Lipinski definition) is 5. The van der Waals surface area contributed by atoms with Gasteiger partial charge in [-0.1, -0.05) is 29.8 Å².